The molecular formula is C15H22FNO. The minimum atomic E-state index is -0.141. The molecule has 18 heavy (non-hydrogen) atoms. The fourth-order valence-electron chi connectivity index (χ4n) is 2.60. The summed E-state index contributed by atoms with van der Waals surface area (Å²) in [5.41, 5.74) is 1.81. The standard InChI is InChI=1S/C15H22FNO/c1-3-17-10-13-5-4-8-18-15(13)12-6-7-14(16)11(2)9-12/h6-7,9,13,15,17H,3-5,8,10H2,1-2H3. The van der Waals surface area contributed by atoms with E-state index in [1.165, 1.54) is 6.42 Å². The van der Waals surface area contributed by atoms with Gasteiger partial charge in [-0.2, -0.15) is 0 Å². The molecule has 0 aliphatic carbocycles. The van der Waals surface area contributed by atoms with Crippen molar-refractivity contribution in [2.24, 2.45) is 5.92 Å². The van der Waals surface area contributed by atoms with Gasteiger partial charge in [-0.15, -0.1) is 0 Å². The number of aryl methyl sites for hydroxylation is 1. The van der Waals surface area contributed by atoms with Gasteiger partial charge in [0.1, 0.15) is 5.82 Å². The van der Waals surface area contributed by atoms with Crippen LogP contribution >= 0.6 is 0 Å². The second-order valence-corrected chi connectivity index (χ2v) is 5.01. The van der Waals surface area contributed by atoms with E-state index < -0.39 is 0 Å². The van der Waals surface area contributed by atoms with Crippen LogP contribution in [0.15, 0.2) is 18.2 Å². The summed E-state index contributed by atoms with van der Waals surface area (Å²) in [7, 11) is 0. The van der Waals surface area contributed by atoms with Crippen LogP contribution in [0.3, 0.4) is 0 Å². The summed E-state index contributed by atoms with van der Waals surface area (Å²) in [4.78, 5) is 0. The predicted octanol–water partition coefficient (Wildman–Crippen LogP) is 3.21. The molecule has 2 unspecified atom stereocenters. The maximum Gasteiger partial charge on any atom is 0.126 e. The molecule has 0 amide bonds. The summed E-state index contributed by atoms with van der Waals surface area (Å²) in [6.07, 6.45) is 2.40. The summed E-state index contributed by atoms with van der Waals surface area (Å²) in [5.74, 6) is 0.348. The lowest BCUT2D eigenvalue weighted by Gasteiger charge is -2.32. The molecule has 0 aromatic heterocycles. The van der Waals surface area contributed by atoms with Crippen LogP contribution in [0.2, 0.25) is 0 Å². The highest BCUT2D eigenvalue weighted by Gasteiger charge is 2.27. The molecule has 1 N–H and O–H groups in total. The van der Waals surface area contributed by atoms with Gasteiger partial charge < -0.3 is 10.1 Å². The average molecular weight is 251 g/mol. The zero-order valence-electron chi connectivity index (χ0n) is 11.2. The molecule has 1 fully saturated rings. The van der Waals surface area contributed by atoms with Crippen LogP contribution in [-0.4, -0.2) is 19.7 Å². The molecule has 2 atom stereocenters. The lowest BCUT2D eigenvalue weighted by Crippen LogP contribution is -2.31. The molecule has 0 spiro atoms. The third-order valence-electron chi connectivity index (χ3n) is 3.61. The summed E-state index contributed by atoms with van der Waals surface area (Å²) < 4.78 is 19.2. The van der Waals surface area contributed by atoms with Crippen molar-refractivity contribution in [2.75, 3.05) is 19.7 Å². The van der Waals surface area contributed by atoms with Gasteiger partial charge in [-0.25, -0.2) is 4.39 Å². The molecule has 0 bridgehead atoms. The first kappa shape index (κ1) is 13.5. The number of hydrogen-bond acceptors (Lipinski definition) is 2. The minimum Gasteiger partial charge on any atom is -0.373 e. The van der Waals surface area contributed by atoms with Crippen LogP contribution in [0.1, 0.15) is 37.0 Å². The Kier molecular flexibility index (Phi) is 4.72. The van der Waals surface area contributed by atoms with Crippen molar-refractivity contribution in [3.63, 3.8) is 0 Å². The Morgan fingerprint density at radius 2 is 2.28 bits per heavy atom. The maximum absolute atomic E-state index is 13.3. The van der Waals surface area contributed by atoms with Crippen LogP contribution in [-0.2, 0) is 4.74 Å². The minimum absolute atomic E-state index is 0.108. The van der Waals surface area contributed by atoms with Gasteiger partial charge in [0.2, 0.25) is 0 Å². The van der Waals surface area contributed by atoms with E-state index in [2.05, 4.69) is 12.2 Å². The zero-order chi connectivity index (χ0) is 13.0. The van der Waals surface area contributed by atoms with Crippen molar-refractivity contribution in [3.8, 4) is 0 Å². The van der Waals surface area contributed by atoms with Crippen LogP contribution < -0.4 is 5.32 Å². The highest BCUT2D eigenvalue weighted by Crippen LogP contribution is 2.33. The summed E-state index contributed by atoms with van der Waals surface area (Å²) in [5, 5.41) is 3.39. The van der Waals surface area contributed by atoms with Gasteiger partial charge in [0.25, 0.3) is 0 Å². The van der Waals surface area contributed by atoms with Gasteiger partial charge in [0, 0.05) is 19.1 Å². The Labute approximate surface area is 109 Å². The summed E-state index contributed by atoms with van der Waals surface area (Å²) >= 11 is 0. The molecule has 1 saturated heterocycles. The van der Waals surface area contributed by atoms with E-state index in [-0.39, 0.29) is 11.9 Å². The topological polar surface area (TPSA) is 21.3 Å². The molecule has 1 heterocycles. The van der Waals surface area contributed by atoms with Crippen molar-refractivity contribution in [1.29, 1.82) is 0 Å². The largest absolute Gasteiger partial charge is 0.373 e. The third kappa shape index (κ3) is 3.09. The van der Waals surface area contributed by atoms with Crippen LogP contribution in [0, 0.1) is 18.7 Å². The Bertz CT molecular complexity index is 394. The molecule has 2 nitrogen and oxygen atoms in total. The Morgan fingerprint density at radius 1 is 1.44 bits per heavy atom. The number of rotatable bonds is 4. The first-order chi connectivity index (χ1) is 8.72. The Morgan fingerprint density at radius 3 is 3.00 bits per heavy atom. The molecule has 100 valence electrons. The molecule has 0 radical (unpaired) electrons. The van der Waals surface area contributed by atoms with E-state index in [0.29, 0.717) is 11.5 Å². The number of benzene rings is 1. The second kappa shape index (κ2) is 6.30. The van der Waals surface area contributed by atoms with Crippen LogP contribution in [0.25, 0.3) is 0 Å². The van der Waals surface area contributed by atoms with E-state index in [0.717, 1.165) is 31.7 Å². The Balaban J connectivity index is 2.14. The van der Waals surface area contributed by atoms with Gasteiger partial charge in [0.05, 0.1) is 6.10 Å². The second-order valence-electron chi connectivity index (χ2n) is 5.01. The molecule has 2 rings (SSSR count). The SMILES string of the molecule is CCNCC1CCCOC1c1ccc(F)c(C)c1. The molecule has 1 aromatic rings. The van der Waals surface area contributed by atoms with Crippen molar-refractivity contribution in [3.05, 3.63) is 35.1 Å². The zero-order valence-corrected chi connectivity index (χ0v) is 11.2. The van der Waals surface area contributed by atoms with Crippen molar-refractivity contribution >= 4 is 0 Å². The number of ether oxygens (including phenoxy) is 1. The fourth-order valence-corrected chi connectivity index (χ4v) is 2.60. The fraction of sp³-hybridized carbons (Fsp3) is 0.600. The summed E-state index contributed by atoms with van der Waals surface area (Å²) in [6, 6.07) is 5.33. The highest BCUT2D eigenvalue weighted by atomic mass is 19.1. The van der Waals surface area contributed by atoms with Crippen molar-refractivity contribution in [2.45, 2.75) is 32.8 Å². The third-order valence-corrected chi connectivity index (χ3v) is 3.61. The molecule has 3 heteroatoms. The Hall–Kier alpha value is -0.930. The number of nitrogens with one attached hydrogen (secondary N) is 1. The number of halogens is 1. The van der Waals surface area contributed by atoms with E-state index in [1.807, 2.05) is 12.1 Å². The molecule has 1 aromatic carbocycles. The van der Waals surface area contributed by atoms with Gasteiger partial charge >= 0.3 is 0 Å². The maximum atomic E-state index is 13.3. The van der Waals surface area contributed by atoms with Gasteiger partial charge in [-0.1, -0.05) is 19.1 Å². The number of hydrogen-bond donors (Lipinski definition) is 1. The van der Waals surface area contributed by atoms with Gasteiger partial charge in [0.15, 0.2) is 0 Å². The lowest BCUT2D eigenvalue weighted by molar-refractivity contribution is -0.0276. The summed E-state index contributed by atoms with van der Waals surface area (Å²) in [6.45, 7) is 6.68. The van der Waals surface area contributed by atoms with E-state index in [1.54, 1.807) is 13.0 Å². The van der Waals surface area contributed by atoms with E-state index >= 15 is 0 Å². The van der Waals surface area contributed by atoms with Crippen LogP contribution in [0.4, 0.5) is 4.39 Å². The molecule has 1 aliphatic rings. The van der Waals surface area contributed by atoms with Gasteiger partial charge in [-0.05, 0) is 43.5 Å². The van der Waals surface area contributed by atoms with E-state index in [9.17, 15) is 4.39 Å². The predicted molar refractivity (Wildman–Crippen MR) is 71.1 cm³/mol. The van der Waals surface area contributed by atoms with Gasteiger partial charge in [-0.3, -0.25) is 0 Å². The quantitative estimate of drug-likeness (QED) is 0.887. The molecular weight excluding hydrogens is 229 g/mol. The average Bonchev–Trinajstić information content (AvgIpc) is 2.40. The first-order valence-electron chi connectivity index (χ1n) is 6.80. The lowest BCUT2D eigenvalue weighted by atomic mass is 9.89. The smallest absolute Gasteiger partial charge is 0.126 e. The first-order valence-corrected chi connectivity index (χ1v) is 6.80. The molecule has 1 aliphatic heterocycles. The van der Waals surface area contributed by atoms with E-state index in [4.69, 9.17) is 4.74 Å². The highest BCUT2D eigenvalue weighted by molar-refractivity contribution is 5.26. The van der Waals surface area contributed by atoms with Crippen LogP contribution in [0.5, 0.6) is 0 Å². The monoisotopic (exact) mass is 251 g/mol. The van der Waals surface area contributed by atoms with Crippen molar-refractivity contribution < 1.29 is 9.13 Å². The van der Waals surface area contributed by atoms with Crippen molar-refractivity contribution in [1.82, 2.24) is 5.32 Å². The normalized spacial score (nSPS) is 24.2. The molecule has 0 saturated carbocycles.